The van der Waals surface area contributed by atoms with Crippen LogP contribution < -0.4 is 0 Å². The Hall–Kier alpha value is -2.20. The van der Waals surface area contributed by atoms with Crippen molar-refractivity contribution in [1.82, 2.24) is 9.80 Å². The minimum absolute atomic E-state index is 0.0543. The van der Waals surface area contributed by atoms with Crippen LogP contribution in [-0.2, 0) is 6.54 Å². The lowest BCUT2D eigenvalue weighted by atomic mass is 10.0. The first-order valence-electron chi connectivity index (χ1n) is 8.13. The van der Waals surface area contributed by atoms with Crippen molar-refractivity contribution in [2.45, 2.75) is 20.4 Å². The molecule has 0 aliphatic heterocycles. The Labute approximate surface area is 143 Å². The van der Waals surface area contributed by atoms with Gasteiger partial charge in [-0.2, -0.15) is 0 Å². The van der Waals surface area contributed by atoms with Crippen LogP contribution >= 0.6 is 0 Å². The third-order valence-electron chi connectivity index (χ3n) is 4.05. The van der Waals surface area contributed by atoms with Gasteiger partial charge in [-0.15, -0.1) is 0 Å². The monoisotopic (exact) mass is 328 g/mol. The van der Waals surface area contributed by atoms with E-state index in [-0.39, 0.29) is 18.3 Å². The van der Waals surface area contributed by atoms with Gasteiger partial charge in [-0.25, -0.2) is 4.39 Å². The quantitative estimate of drug-likeness (QED) is 0.808. The summed E-state index contributed by atoms with van der Waals surface area (Å²) in [4.78, 5) is 16.8. The number of halogens is 1. The van der Waals surface area contributed by atoms with E-state index < -0.39 is 0 Å². The third-order valence-corrected chi connectivity index (χ3v) is 4.05. The Morgan fingerprint density at radius 2 is 1.75 bits per heavy atom. The number of likely N-dealkylation sites (N-methyl/N-ethyl adjacent to an activating group) is 1. The number of benzene rings is 2. The van der Waals surface area contributed by atoms with E-state index in [1.807, 2.05) is 51.0 Å². The van der Waals surface area contributed by atoms with Gasteiger partial charge in [0.1, 0.15) is 5.82 Å². The van der Waals surface area contributed by atoms with Gasteiger partial charge in [-0.05, 0) is 45.6 Å². The normalized spacial score (nSPS) is 10.9. The van der Waals surface area contributed by atoms with Crippen molar-refractivity contribution in [1.29, 1.82) is 0 Å². The highest BCUT2D eigenvalue weighted by Gasteiger charge is 2.19. The van der Waals surface area contributed by atoms with Crippen molar-refractivity contribution in [3.05, 3.63) is 70.5 Å². The second kappa shape index (κ2) is 8.06. The van der Waals surface area contributed by atoms with Crippen LogP contribution in [0.25, 0.3) is 0 Å². The Kier molecular flexibility index (Phi) is 6.10. The molecule has 0 N–H and O–H groups in total. The van der Waals surface area contributed by atoms with Crippen molar-refractivity contribution in [2.75, 3.05) is 27.2 Å². The minimum Gasteiger partial charge on any atom is -0.333 e. The van der Waals surface area contributed by atoms with E-state index in [2.05, 4.69) is 0 Å². The maximum Gasteiger partial charge on any atom is 0.254 e. The standard InChI is InChI=1S/C20H25FN2O/c1-15-9-10-16(2)18(13-15)20(24)23(12-11-22(3)4)14-17-7-5-6-8-19(17)21/h5-10,13H,11-12,14H2,1-4H3. The molecule has 3 nitrogen and oxygen atoms in total. The molecule has 0 aliphatic rings. The lowest BCUT2D eigenvalue weighted by Gasteiger charge is -2.25. The fraction of sp³-hybridized carbons (Fsp3) is 0.350. The van der Waals surface area contributed by atoms with Gasteiger partial charge in [-0.1, -0.05) is 35.9 Å². The van der Waals surface area contributed by atoms with Crippen LogP contribution in [0.4, 0.5) is 4.39 Å². The van der Waals surface area contributed by atoms with Crippen molar-refractivity contribution in [3.63, 3.8) is 0 Å². The van der Waals surface area contributed by atoms with E-state index in [0.717, 1.165) is 17.7 Å². The number of rotatable bonds is 6. The topological polar surface area (TPSA) is 23.6 Å². The van der Waals surface area contributed by atoms with Gasteiger partial charge in [0.25, 0.3) is 5.91 Å². The van der Waals surface area contributed by atoms with Gasteiger partial charge in [0, 0.05) is 30.8 Å². The number of aryl methyl sites for hydroxylation is 2. The molecule has 0 unspecified atom stereocenters. The average molecular weight is 328 g/mol. The molecule has 0 fully saturated rings. The van der Waals surface area contributed by atoms with Gasteiger partial charge in [0.2, 0.25) is 0 Å². The summed E-state index contributed by atoms with van der Waals surface area (Å²) in [6.07, 6.45) is 0. The summed E-state index contributed by atoms with van der Waals surface area (Å²) in [6.45, 7) is 5.45. The van der Waals surface area contributed by atoms with E-state index in [1.165, 1.54) is 6.07 Å². The number of amides is 1. The van der Waals surface area contributed by atoms with Crippen molar-refractivity contribution >= 4 is 5.91 Å². The second-order valence-electron chi connectivity index (χ2n) is 6.44. The highest BCUT2D eigenvalue weighted by Crippen LogP contribution is 2.17. The summed E-state index contributed by atoms with van der Waals surface area (Å²) < 4.78 is 14.0. The van der Waals surface area contributed by atoms with E-state index in [9.17, 15) is 9.18 Å². The van der Waals surface area contributed by atoms with Gasteiger partial charge >= 0.3 is 0 Å². The Balaban J connectivity index is 2.29. The highest BCUT2D eigenvalue weighted by molar-refractivity contribution is 5.95. The smallest absolute Gasteiger partial charge is 0.254 e. The average Bonchev–Trinajstić information content (AvgIpc) is 2.54. The molecular formula is C20H25FN2O. The Bertz CT molecular complexity index is 713. The van der Waals surface area contributed by atoms with Gasteiger partial charge in [-0.3, -0.25) is 4.79 Å². The van der Waals surface area contributed by atoms with Crippen LogP contribution in [0.2, 0.25) is 0 Å². The van der Waals surface area contributed by atoms with Crippen molar-refractivity contribution in [3.8, 4) is 0 Å². The number of nitrogens with zero attached hydrogens (tertiary/aromatic N) is 2. The van der Waals surface area contributed by atoms with E-state index in [1.54, 1.807) is 23.1 Å². The van der Waals surface area contributed by atoms with Crippen LogP contribution in [-0.4, -0.2) is 42.9 Å². The van der Waals surface area contributed by atoms with Crippen LogP contribution in [0.5, 0.6) is 0 Å². The Morgan fingerprint density at radius 1 is 1.04 bits per heavy atom. The molecule has 24 heavy (non-hydrogen) atoms. The largest absolute Gasteiger partial charge is 0.333 e. The molecule has 4 heteroatoms. The summed E-state index contributed by atoms with van der Waals surface area (Å²) in [6, 6.07) is 12.5. The van der Waals surface area contributed by atoms with E-state index >= 15 is 0 Å². The maximum absolute atomic E-state index is 14.0. The fourth-order valence-corrected chi connectivity index (χ4v) is 2.54. The summed E-state index contributed by atoms with van der Waals surface area (Å²) in [5.41, 5.74) is 3.20. The van der Waals surface area contributed by atoms with E-state index in [4.69, 9.17) is 0 Å². The molecule has 0 saturated carbocycles. The maximum atomic E-state index is 14.0. The minimum atomic E-state index is -0.277. The van der Waals surface area contributed by atoms with Crippen molar-refractivity contribution < 1.29 is 9.18 Å². The van der Waals surface area contributed by atoms with Crippen LogP contribution in [0.1, 0.15) is 27.0 Å². The number of carbonyl (C=O) groups is 1. The predicted octanol–water partition coefficient (Wildman–Crippen LogP) is 3.65. The second-order valence-corrected chi connectivity index (χ2v) is 6.44. The van der Waals surface area contributed by atoms with Crippen LogP contribution in [0.15, 0.2) is 42.5 Å². The SMILES string of the molecule is Cc1ccc(C)c(C(=O)N(CCN(C)C)Cc2ccccc2F)c1. The molecule has 2 aromatic carbocycles. The van der Waals surface area contributed by atoms with Crippen LogP contribution in [0, 0.1) is 19.7 Å². The number of carbonyl (C=O) groups excluding carboxylic acids is 1. The molecule has 1 amide bonds. The number of hydrogen-bond donors (Lipinski definition) is 0. The first kappa shape index (κ1) is 18.1. The molecular weight excluding hydrogens is 303 g/mol. The fourth-order valence-electron chi connectivity index (χ4n) is 2.54. The predicted molar refractivity (Wildman–Crippen MR) is 95.6 cm³/mol. The van der Waals surface area contributed by atoms with Crippen molar-refractivity contribution in [2.24, 2.45) is 0 Å². The van der Waals surface area contributed by atoms with Crippen LogP contribution in [0.3, 0.4) is 0 Å². The first-order valence-corrected chi connectivity index (χ1v) is 8.13. The molecule has 128 valence electrons. The number of hydrogen-bond acceptors (Lipinski definition) is 2. The Morgan fingerprint density at radius 3 is 2.42 bits per heavy atom. The molecule has 2 aromatic rings. The molecule has 0 atom stereocenters. The summed E-state index contributed by atoms with van der Waals surface area (Å²) >= 11 is 0. The zero-order valence-electron chi connectivity index (χ0n) is 14.8. The van der Waals surface area contributed by atoms with E-state index in [0.29, 0.717) is 17.7 Å². The molecule has 0 spiro atoms. The molecule has 0 radical (unpaired) electrons. The molecule has 0 bridgehead atoms. The molecule has 0 aromatic heterocycles. The zero-order chi connectivity index (χ0) is 17.7. The van der Waals surface area contributed by atoms with Gasteiger partial charge < -0.3 is 9.80 Å². The molecule has 0 saturated heterocycles. The molecule has 0 aliphatic carbocycles. The molecule has 0 heterocycles. The summed E-state index contributed by atoms with van der Waals surface area (Å²) in [5, 5.41) is 0. The van der Waals surface area contributed by atoms with Gasteiger partial charge in [0.05, 0.1) is 0 Å². The highest BCUT2D eigenvalue weighted by atomic mass is 19.1. The first-order chi connectivity index (χ1) is 11.4. The third kappa shape index (κ3) is 4.65. The lowest BCUT2D eigenvalue weighted by Crippen LogP contribution is -2.36. The molecule has 2 rings (SSSR count). The van der Waals surface area contributed by atoms with Gasteiger partial charge in [0.15, 0.2) is 0 Å². The zero-order valence-corrected chi connectivity index (χ0v) is 14.8. The lowest BCUT2D eigenvalue weighted by molar-refractivity contribution is 0.0729. The summed E-state index contributed by atoms with van der Waals surface area (Å²) in [7, 11) is 3.92. The summed E-state index contributed by atoms with van der Waals surface area (Å²) in [5.74, 6) is -0.331.